The van der Waals surface area contributed by atoms with Crippen molar-refractivity contribution >= 4 is 23.5 Å². The van der Waals surface area contributed by atoms with E-state index in [4.69, 9.17) is 4.74 Å². The molecule has 1 aromatic carbocycles. The third-order valence-corrected chi connectivity index (χ3v) is 4.51. The van der Waals surface area contributed by atoms with Gasteiger partial charge >= 0.3 is 5.97 Å². The number of carboxylic acids is 1. The second-order valence-electron chi connectivity index (χ2n) is 6.10. The Morgan fingerprint density at radius 3 is 3.12 bits per heavy atom. The minimum Gasteiger partial charge on any atom is -0.478 e. The fraction of sp³-hybridized carbons (Fsp3) is 0.222. The number of aromatic amines is 1. The summed E-state index contributed by atoms with van der Waals surface area (Å²) in [7, 11) is 0. The van der Waals surface area contributed by atoms with E-state index in [0.29, 0.717) is 17.8 Å². The largest absolute Gasteiger partial charge is 0.478 e. The molecule has 0 aliphatic heterocycles. The monoisotopic (exact) mass is 352 g/mol. The molecule has 1 aliphatic rings. The predicted octanol–water partition coefficient (Wildman–Crippen LogP) is 2.57. The van der Waals surface area contributed by atoms with Gasteiger partial charge in [-0.3, -0.25) is 4.79 Å². The molecule has 0 saturated heterocycles. The summed E-state index contributed by atoms with van der Waals surface area (Å²) >= 11 is 0. The van der Waals surface area contributed by atoms with Gasteiger partial charge in [-0.25, -0.2) is 14.8 Å². The Balaban J connectivity index is 1.66. The number of benzene rings is 1. The van der Waals surface area contributed by atoms with Crippen LogP contribution < -0.4 is 10.1 Å². The lowest BCUT2D eigenvalue weighted by atomic mass is 9.87. The first-order valence-electron chi connectivity index (χ1n) is 8.23. The van der Waals surface area contributed by atoms with Crippen LogP contribution in [0.4, 0.5) is 0 Å². The smallest absolute Gasteiger partial charge is 0.339 e. The number of rotatable bonds is 5. The Hall–Kier alpha value is -3.42. The maximum absolute atomic E-state index is 11.2. The van der Waals surface area contributed by atoms with E-state index in [-0.39, 0.29) is 23.0 Å². The molecule has 3 N–H and O–H groups in total. The van der Waals surface area contributed by atoms with Crippen molar-refractivity contribution in [1.29, 1.82) is 0 Å². The molecule has 1 atom stereocenters. The fourth-order valence-electron chi connectivity index (χ4n) is 3.30. The van der Waals surface area contributed by atoms with Crippen LogP contribution in [-0.4, -0.2) is 32.4 Å². The molecule has 8 heteroatoms. The molecule has 4 rings (SSSR count). The van der Waals surface area contributed by atoms with Gasteiger partial charge in [0.1, 0.15) is 16.8 Å². The number of carbonyl (C=O) groups excluding carboxylic acids is 1. The standard InChI is InChI=1S/C18H16N4O4/c23-9-21-14-3-1-2-10-4-5-11(6-12(10)14)26-15-8-20-17-16(22-15)13(7-19-17)18(24)25/h4-9,14H,1-3H2,(H,19,20)(H,21,23)(H,24,25)/t14-/m1/s1. The van der Waals surface area contributed by atoms with Crippen molar-refractivity contribution in [3.8, 4) is 11.6 Å². The van der Waals surface area contributed by atoms with Crippen LogP contribution in [0.15, 0.2) is 30.6 Å². The van der Waals surface area contributed by atoms with Gasteiger partial charge in [0, 0.05) is 6.20 Å². The number of nitrogens with zero attached hydrogens (tertiary/aromatic N) is 2. The third-order valence-electron chi connectivity index (χ3n) is 4.51. The topological polar surface area (TPSA) is 117 Å². The molecule has 0 fully saturated rings. The van der Waals surface area contributed by atoms with E-state index in [1.54, 1.807) is 0 Å². The van der Waals surface area contributed by atoms with Crippen LogP contribution in [0.3, 0.4) is 0 Å². The molecular formula is C18H16N4O4. The van der Waals surface area contributed by atoms with E-state index >= 15 is 0 Å². The van der Waals surface area contributed by atoms with Gasteiger partial charge in [-0.2, -0.15) is 0 Å². The minimum absolute atomic E-state index is 0.0309. The number of H-pyrrole nitrogens is 1. The van der Waals surface area contributed by atoms with Crippen LogP contribution >= 0.6 is 0 Å². The van der Waals surface area contributed by atoms with E-state index in [0.717, 1.165) is 24.8 Å². The van der Waals surface area contributed by atoms with E-state index in [1.807, 2.05) is 18.2 Å². The Labute approximate surface area is 148 Å². The van der Waals surface area contributed by atoms with Gasteiger partial charge in [0.25, 0.3) is 0 Å². The zero-order chi connectivity index (χ0) is 18.1. The molecule has 26 heavy (non-hydrogen) atoms. The van der Waals surface area contributed by atoms with Crippen molar-refractivity contribution in [3.63, 3.8) is 0 Å². The molecule has 2 aromatic heterocycles. The van der Waals surface area contributed by atoms with Crippen LogP contribution in [-0.2, 0) is 11.2 Å². The normalized spacial score (nSPS) is 16.1. The lowest BCUT2D eigenvalue weighted by Gasteiger charge is -2.25. The lowest BCUT2D eigenvalue weighted by molar-refractivity contribution is -0.110. The highest BCUT2D eigenvalue weighted by molar-refractivity contribution is 6.00. The first-order valence-corrected chi connectivity index (χ1v) is 8.23. The van der Waals surface area contributed by atoms with E-state index in [1.165, 1.54) is 18.0 Å². The molecule has 0 bridgehead atoms. The molecule has 0 spiro atoms. The number of carboxylic acid groups (broad SMARTS) is 1. The van der Waals surface area contributed by atoms with Gasteiger partial charge in [0.2, 0.25) is 12.3 Å². The molecule has 2 heterocycles. The predicted molar refractivity (Wildman–Crippen MR) is 92.2 cm³/mol. The van der Waals surface area contributed by atoms with E-state index in [9.17, 15) is 14.7 Å². The number of hydrogen-bond acceptors (Lipinski definition) is 5. The van der Waals surface area contributed by atoms with E-state index in [2.05, 4.69) is 20.3 Å². The van der Waals surface area contributed by atoms with Crippen molar-refractivity contribution in [3.05, 3.63) is 47.3 Å². The van der Waals surface area contributed by atoms with Crippen molar-refractivity contribution in [2.24, 2.45) is 0 Å². The van der Waals surface area contributed by atoms with Crippen molar-refractivity contribution in [2.75, 3.05) is 0 Å². The number of hydrogen-bond donors (Lipinski definition) is 3. The molecule has 8 nitrogen and oxygen atoms in total. The summed E-state index contributed by atoms with van der Waals surface area (Å²) in [4.78, 5) is 33.2. The average molecular weight is 352 g/mol. The summed E-state index contributed by atoms with van der Waals surface area (Å²) in [6.45, 7) is 0. The van der Waals surface area contributed by atoms with Crippen LogP contribution in [0.1, 0.15) is 40.4 Å². The number of aromatic nitrogens is 3. The summed E-state index contributed by atoms with van der Waals surface area (Å²) in [5, 5.41) is 12.0. The van der Waals surface area contributed by atoms with Crippen LogP contribution in [0.5, 0.6) is 11.6 Å². The lowest BCUT2D eigenvalue weighted by Crippen LogP contribution is -2.23. The quantitative estimate of drug-likeness (QED) is 0.608. The SMILES string of the molecule is O=CN[C@@H]1CCCc2ccc(Oc3cnc4[nH]cc(C(=O)O)c4n3)cc21. The molecule has 1 aliphatic carbocycles. The summed E-state index contributed by atoms with van der Waals surface area (Å²) in [6, 6.07) is 5.67. The zero-order valence-electron chi connectivity index (χ0n) is 13.7. The maximum Gasteiger partial charge on any atom is 0.339 e. The van der Waals surface area contributed by atoms with Crippen molar-refractivity contribution in [1.82, 2.24) is 20.3 Å². The van der Waals surface area contributed by atoms with E-state index < -0.39 is 5.97 Å². The molecule has 3 aromatic rings. The molecule has 0 saturated carbocycles. The Morgan fingerprint density at radius 1 is 1.42 bits per heavy atom. The van der Waals surface area contributed by atoms with Crippen molar-refractivity contribution in [2.45, 2.75) is 25.3 Å². The number of nitrogens with one attached hydrogen (secondary N) is 2. The van der Waals surface area contributed by atoms with Gasteiger partial charge in [-0.1, -0.05) is 6.07 Å². The molecular weight excluding hydrogens is 336 g/mol. The zero-order valence-corrected chi connectivity index (χ0v) is 13.7. The van der Waals surface area contributed by atoms with Gasteiger partial charge in [-0.05, 0) is 42.5 Å². The van der Waals surface area contributed by atoms with Gasteiger partial charge in [0.15, 0.2) is 5.65 Å². The summed E-state index contributed by atoms with van der Waals surface area (Å²) in [5.74, 6) is -0.320. The highest BCUT2D eigenvalue weighted by atomic mass is 16.5. The number of carbonyl (C=O) groups is 2. The fourth-order valence-corrected chi connectivity index (χ4v) is 3.30. The second-order valence-corrected chi connectivity index (χ2v) is 6.10. The number of aromatic carboxylic acids is 1. The molecule has 132 valence electrons. The number of amides is 1. The van der Waals surface area contributed by atoms with Crippen molar-refractivity contribution < 1.29 is 19.4 Å². The van der Waals surface area contributed by atoms with Crippen LogP contribution in [0.25, 0.3) is 11.2 Å². The first-order chi connectivity index (χ1) is 12.7. The summed E-state index contributed by atoms with van der Waals surface area (Å²) in [5.41, 5.74) is 2.88. The Morgan fingerprint density at radius 2 is 2.31 bits per heavy atom. The molecule has 0 unspecified atom stereocenters. The van der Waals surface area contributed by atoms with Gasteiger partial charge in [-0.15, -0.1) is 0 Å². The Kier molecular flexibility index (Phi) is 4.00. The summed E-state index contributed by atoms with van der Waals surface area (Å²) in [6.07, 6.45) is 6.37. The van der Waals surface area contributed by atoms with Gasteiger partial charge < -0.3 is 20.1 Å². The molecule has 1 amide bonds. The minimum atomic E-state index is -1.08. The second kappa shape index (κ2) is 6.47. The average Bonchev–Trinajstić information content (AvgIpc) is 3.06. The summed E-state index contributed by atoms with van der Waals surface area (Å²) < 4.78 is 5.79. The molecule has 0 radical (unpaired) electrons. The number of ether oxygens (including phenoxy) is 1. The number of fused-ring (bicyclic) bond motifs is 2. The van der Waals surface area contributed by atoms with Crippen LogP contribution in [0, 0.1) is 0 Å². The highest BCUT2D eigenvalue weighted by Gasteiger charge is 2.20. The van der Waals surface area contributed by atoms with Crippen LogP contribution in [0.2, 0.25) is 0 Å². The Bertz CT molecular complexity index is 998. The first kappa shape index (κ1) is 16.1. The number of aryl methyl sites for hydroxylation is 1. The van der Waals surface area contributed by atoms with Gasteiger partial charge in [0.05, 0.1) is 12.2 Å². The highest BCUT2D eigenvalue weighted by Crippen LogP contribution is 2.33. The third kappa shape index (κ3) is 2.85. The maximum atomic E-state index is 11.2.